The Morgan fingerprint density at radius 2 is 0.649 bits per heavy atom. The molecule has 57 heavy (non-hydrogen) atoms. The molecule has 4 nitrogen and oxygen atoms in total. The van der Waals surface area contributed by atoms with Crippen LogP contribution in [0.15, 0.2) is 12.2 Å². The second-order valence-electron chi connectivity index (χ2n) is 18.3. The molecule has 0 aliphatic carbocycles. The van der Waals surface area contributed by atoms with Crippen LogP contribution in [0.5, 0.6) is 0 Å². The first-order valence-electron chi connectivity index (χ1n) is 26.4. The summed E-state index contributed by atoms with van der Waals surface area (Å²) in [6.45, 7) is 4.34. The summed E-state index contributed by atoms with van der Waals surface area (Å²) in [6, 6.07) is -0.617. The highest BCUT2D eigenvalue weighted by atomic mass is 16.3. The summed E-state index contributed by atoms with van der Waals surface area (Å²) in [5.41, 5.74) is 0. The molecule has 0 aliphatic heterocycles. The Balaban J connectivity index is 3.42. The molecule has 0 saturated heterocycles. The van der Waals surface area contributed by atoms with Gasteiger partial charge in [0.05, 0.1) is 18.8 Å². The summed E-state index contributed by atoms with van der Waals surface area (Å²) >= 11 is 0. The molecule has 0 bridgehead atoms. The SMILES string of the molecule is CCCCCCCCCCCCCCCC/C=C/[C@@H](O)[C@H](CO)NC(=O)CCCCCCCCCCCCCCCCCCCCCCCCCCCCCCC. The van der Waals surface area contributed by atoms with Crippen LogP contribution in [0.1, 0.15) is 303 Å². The largest absolute Gasteiger partial charge is 0.394 e. The van der Waals surface area contributed by atoms with E-state index in [2.05, 4.69) is 19.2 Å². The predicted octanol–water partition coefficient (Wildman–Crippen LogP) is 17.0. The zero-order valence-corrected chi connectivity index (χ0v) is 39.1. The Hall–Kier alpha value is -0.870. The number of amides is 1. The van der Waals surface area contributed by atoms with Crippen LogP contribution in [0.4, 0.5) is 0 Å². The molecule has 0 aromatic heterocycles. The third-order valence-electron chi connectivity index (χ3n) is 12.5. The highest BCUT2D eigenvalue weighted by Crippen LogP contribution is 2.17. The quantitative estimate of drug-likeness (QED) is 0.0424. The highest BCUT2D eigenvalue weighted by Gasteiger charge is 2.18. The van der Waals surface area contributed by atoms with Crippen LogP contribution in [0, 0.1) is 0 Å². The van der Waals surface area contributed by atoms with E-state index in [1.807, 2.05) is 6.08 Å². The lowest BCUT2D eigenvalue weighted by Gasteiger charge is -2.20. The first kappa shape index (κ1) is 56.1. The molecular formula is C53H105NO3. The van der Waals surface area contributed by atoms with Crippen LogP contribution in [0.2, 0.25) is 0 Å². The number of nitrogens with one attached hydrogen (secondary N) is 1. The van der Waals surface area contributed by atoms with E-state index in [4.69, 9.17) is 0 Å². The van der Waals surface area contributed by atoms with Crippen molar-refractivity contribution in [3.05, 3.63) is 12.2 Å². The standard InChI is InChI=1S/C53H105NO3/c1-3-5-7-9-11-13-15-17-19-21-22-23-24-25-26-27-28-29-30-31-32-33-35-37-39-41-43-45-47-49-53(57)54-51(50-55)52(56)48-46-44-42-40-38-36-34-20-18-16-14-12-10-8-6-4-2/h46,48,51-52,55-56H,3-45,47,49-50H2,1-2H3,(H,54,57)/b48-46+/t51-,52+/m0/s1. The number of carbonyl (C=O) groups excluding carboxylic acids is 1. The van der Waals surface area contributed by atoms with Gasteiger partial charge in [-0.05, 0) is 19.3 Å². The molecule has 0 heterocycles. The summed E-state index contributed by atoms with van der Waals surface area (Å²) in [4.78, 5) is 12.4. The number of unbranched alkanes of at least 4 members (excludes halogenated alkanes) is 42. The molecule has 3 N–H and O–H groups in total. The third kappa shape index (κ3) is 46.1. The average Bonchev–Trinajstić information content (AvgIpc) is 3.22. The van der Waals surface area contributed by atoms with Crippen molar-refractivity contribution in [2.75, 3.05) is 6.61 Å². The molecule has 0 aromatic rings. The van der Waals surface area contributed by atoms with E-state index in [0.717, 1.165) is 25.7 Å². The van der Waals surface area contributed by atoms with Crippen LogP contribution in [-0.2, 0) is 4.79 Å². The van der Waals surface area contributed by atoms with Gasteiger partial charge in [-0.1, -0.05) is 289 Å². The number of aliphatic hydroxyl groups is 2. The van der Waals surface area contributed by atoms with Crippen molar-refractivity contribution < 1.29 is 15.0 Å². The monoisotopic (exact) mass is 804 g/mol. The topological polar surface area (TPSA) is 69.6 Å². The van der Waals surface area contributed by atoms with E-state index in [-0.39, 0.29) is 12.5 Å². The van der Waals surface area contributed by atoms with Gasteiger partial charge < -0.3 is 15.5 Å². The molecule has 0 aromatic carbocycles. The van der Waals surface area contributed by atoms with Crippen LogP contribution in [0.25, 0.3) is 0 Å². The summed E-state index contributed by atoms with van der Waals surface area (Å²) < 4.78 is 0. The fourth-order valence-electron chi connectivity index (χ4n) is 8.48. The fraction of sp³-hybridized carbons (Fsp3) is 0.943. The molecule has 0 radical (unpaired) electrons. The minimum absolute atomic E-state index is 0.0569. The van der Waals surface area contributed by atoms with Crippen molar-refractivity contribution in [1.82, 2.24) is 5.32 Å². The lowest BCUT2D eigenvalue weighted by molar-refractivity contribution is -0.123. The van der Waals surface area contributed by atoms with Gasteiger partial charge in [-0.15, -0.1) is 0 Å². The minimum Gasteiger partial charge on any atom is -0.394 e. The van der Waals surface area contributed by atoms with Crippen molar-refractivity contribution in [2.24, 2.45) is 0 Å². The lowest BCUT2D eigenvalue weighted by Crippen LogP contribution is -2.45. The van der Waals surface area contributed by atoms with Crippen LogP contribution >= 0.6 is 0 Å². The normalized spacial score (nSPS) is 12.8. The molecule has 1 amide bonds. The summed E-state index contributed by atoms with van der Waals surface area (Å²) in [5, 5.41) is 23.1. The van der Waals surface area contributed by atoms with Crippen molar-refractivity contribution in [3.8, 4) is 0 Å². The molecule has 340 valence electrons. The fourth-order valence-corrected chi connectivity index (χ4v) is 8.48. The van der Waals surface area contributed by atoms with Gasteiger partial charge in [0.2, 0.25) is 5.91 Å². The zero-order chi connectivity index (χ0) is 41.4. The molecule has 0 saturated carbocycles. The second kappa shape index (κ2) is 49.5. The van der Waals surface area contributed by atoms with E-state index >= 15 is 0 Å². The number of rotatable bonds is 49. The lowest BCUT2D eigenvalue weighted by atomic mass is 10.0. The van der Waals surface area contributed by atoms with Crippen LogP contribution in [0.3, 0.4) is 0 Å². The number of hydrogen-bond donors (Lipinski definition) is 3. The maximum Gasteiger partial charge on any atom is 0.220 e. The summed E-state index contributed by atoms with van der Waals surface area (Å²) in [6.07, 6.45) is 63.6. The second-order valence-corrected chi connectivity index (χ2v) is 18.3. The molecule has 4 heteroatoms. The first-order chi connectivity index (χ1) is 28.2. The van der Waals surface area contributed by atoms with Crippen molar-refractivity contribution in [2.45, 2.75) is 315 Å². The van der Waals surface area contributed by atoms with E-state index < -0.39 is 12.1 Å². The first-order valence-corrected chi connectivity index (χ1v) is 26.4. The Labute approximate surface area is 358 Å². The molecule has 0 spiro atoms. The van der Waals surface area contributed by atoms with Gasteiger partial charge in [0.15, 0.2) is 0 Å². The number of aliphatic hydroxyl groups excluding tert-OH is 2. The minimum atomic E-state index is -0.834. The van der Waals surface area contributed by atoms with Gasteiger partial charge in [-0.3, -0.25) is 4.79 Å². The third-order valence-corrected chi connectivity index (χ3v) is 12.5. The maximum absolute atomic E-state index is 12.4. The van der Waals surface area contributed by atoms with E-state index in [9.17, 15) is 15.0 Å². The highest BCUT2D eigenvalue weighted by molar-refractivity contribution is 5.76. The van der Waals surface area contributed by atoms with Crippen molar-refractivity contribution in [3.63, 3.8) is 0 Å². The molecule has 0 aliphatic rings. The summed E-state index contributed by atoms with van der Waals surface area (Å²) in [5.74, 6) is -0.0569. The number of allylic oxidation sites excluding steroid dienone is 1. The average molecular weight is 804 g/mol. The summed E-state index contributed by atoms with van der Waals surface area (Å²) in [7, 11) is 0. The Morgan fingerprint density at radius 1 is 0.404 bits per heavy atom. The predicted molar refractivity (Wildman–Crippen MR) is 253 cm³/mol. The molecule has 2 atom stereocenters. The van der Waals surface area contributed by atoms with E-state index in [1.165, 1.54) is 257 Å². The van der Waals surface area contributed by atoms with Gasteiger partial charge >= 0.3 is 0 Å². The number of hydrogen-bond acceptors (Lipinski definition) is 3. The van der Waals surface area contributed by atoms with Gasteiger partial charge in [0, 0.05) is 6.42 Å². The molecular weight excluding hydrogens is 699 g/mol. The van der Waals surface area contributed by atoms with E-state index in [0.29, 0.717) is 6.42 Å². The van der Waals surface area contributed by atoms with Crippen molar-refractivity contribution >= 4 is 5.91 Å². The molecule has 0 fully saturated rings. The van der Waals surface area contributed by atoms with Crippen LogP contribution < -0.4 is 5.32 Å². The maximum atomic E-state index is 12.4. The Kier molecular flexibility index (Phi) is 48.7. The Bertz CT molecular complexity index is 784. The number of carbonyl (C=O) groups is 1. The molecule has 0 unspecified atom stereocenters. The van der Waals surface area contributed by atoms with Gasteiger partial charge in [-0.25, -0.2) is 0 Å². The smallest absolute Gasteiger partial charge is 0.220 e. The molecule has 0 rings (SSSR count). The van der Waals surface area contributed by atoms with Crippen LogP contribution in [-0.4, -0.2) is 34.9 Å². The van der Waals surface area contributed by atoms with E-state index in [1.54, 1.807) is 6.08 Å². The van der Waals surface area contributed by atoms with Gasteiger partial charge in [0.25, 0.3) is 0 Å². The van der Waals surface area contributed by atoms with Gasteiger partial charge in [-0.2, -0.15) is 0 Å². The van der Waals surface area contributed by atoms with Gasteiger partial charge in [0.1, 0.15) is 0 Å². The van der Waals surface area contributed by atoms with Crippen molar-refractivity contribution in [1.29, 1.82) is 0 Å². The zero-order valence-electron chi connectivity index (χ0n) is 39.1. The Morgan fingerprint density at radius 3 is 0.912 bits per heavy atom.